The minimum absolute atomic E-state index is 0.113. The largest absolute Gasteiger partial charge is 0.305 e. The van der Waals surface area contributed by atoms with Crippen molar-refractivity contribution in [3.8, 4) is 0 Å². The first-order valence-electron chi connectivity index (χ1n) is 4.07. The number of nitrogens with one attached hydrogen (secondary N) is 1. The molecule has 2 atom stereocenters. The summed E-state index contributed by atoms with van der Waals surface area (Å²) in [6.07, 6.45) is 0. The first-order valence-corrected chi connectivity index (χ1v) is 5.22. The van der Waals surface area contributed by atoms with Crippen LogP contribution in [0, 0.1) is 0 Å². The first-order chi connectivity index (χ1) is 5.49. The molecule has 0 aliphatic carbocycles. The summed E-state index contributed by atoms with van der Waals surface area (Å²) < 4.78 is 0. The number of hydrogen-bond acceptors (Lipinski definition) is 4. The Hall–Kier alpha value is 0.330. The van der Waals surface area contributed by atoms with E-state index in [1.54, 1.807) is 6.92 Å². The van der Waals surface area contributed by atoms with E-state index in [1.807, 2.05) is 13.8 Å². The zero-order chi connectivity index (χ0) is 9.72. The molecule has 0 radical (unpaired) electrons. The third kappa shape index (κ3) is 4.38. The molecule has 0 aromatic carbocycles. The van der Waals surface area contributed by atoms with Crippen molar-refractivity contribution in [1.82, 2.24) is 5.32 Å². The van der Waals surface area contributed by atoms with Crippen molar-refractivity contribution in [3.05, 3.63) is 0 Å². The van der Waals surface area contributed by atoms with Crippen molar-refractivity contribution < 1.29 is 4.79 Å². The molecule has 0 aromatic rings. The van der Waals surface area contributed by atoms with Gasteiger partial charge in [-0.2, -0.15) is 25.3 Å². The zero-order valence-electron chi connectivity index (χ0n) is 7.74. The van der Waals surface area contributed by atoms with E-state index in [1.165, 1.54) is 0 Å². The van der Waals surface area contributed by atoms with Crippen molar-refractivity contribution in [1.29, 1.82) is 0 Å². The second-order valence-corrected chi connectivity index (χ2v) is 4.27. The number of carbonyl (C=O) groups excluding carboxylic acids is 1. The fourth-order valence-corrected chi connectivity index (χ4v) is 1.38. The predicted molar refractivity (Wildman–Crippen MR) is 59.4 cm³/mol. The number of ketones is 1. The number of hydrogen-bond donors (Lipinski definition) is 3. The molecule has 4 heteroatoms. The van der Waals surface area contributed by atoms with E-state index in [2.05, 4.69) is 30.6 Å². The lowest BCUT2D eigenvalue weighted by Crippen LogP contribution is -2.44. The van der Waals surface area contributed by atoms with E-state index >= 15 is 0 Å². The van der Waals surface area contributed by atoms with Gasteiger partial charge in [0.05, 0.1) is 11.3 Å². The summed E-state index contributed by atoms with van der Waals surface area (Å²) >= 11 is 8.19. The van der Waals surface area contributed by atoms with Crippen LogP contribution in [-0.4, -0.2) is 28.9 Å². The fraction of sp³-hybridized carbons (Fsp3) is 0.875. The van der Waals surface area contributed by atoms with Gasteiger partial charge in [0.15, 0.2) is 5.78 Å². The van der Waals surface area contributed by atoms with Crippen LogP contribution in [0.2, 0.25) is 0 Å². The van der Waals surface area contributed by atoms with Gasteiger partial charge >= 0.3 is 0 Å². The topological polar surface area (TPSA) is 29.1 Å². The summed E-state index contributed by atoms with van der Waals surface area (Å²) in [4.78, 5) is 11.4. The number of thiol groups is 2. The fourth-order valence-electron chi connectivity index (χ4n) is 0.918. The van der Waals surface area contributed by atoms with Crippen LogP contribution in [0.25, 0.3) is 0 Å². The van der Waals surface area contributed by atoms with Crippen LogP contribution in [-0.2, 0) is 4.79 Å². The van der Waals surface area contributed by atoms with E-state index in [-0.39, 0.29) is 17.1 Å². The van der Waals surface area contributed by atoms with Gasteiger partial charge < -0.3 is 5.32 Å². The molecule has 0 aromatic heterocycles. The molecule has 0 fully saturated rings. The Kier molecular flexibility index (Phi) is 6.05. The quantitative estimate of drug-likeness (QED) is 0.591. The van der Waals surface area contributed by atoms with Gasteiger partial charge in [0.1, 0.15) is 0 Å². The average molecular weight is 207 g/mol. The zero-order valence-corrected chi connectivity index (χ0v) is 9.53. The Morgan fingerprint density at radius 3 is 2.17 bits per heavy atom. The van der Waals surface area contributed by atoms with Gasteiger partial charge in [-0.15, -0.1) is 0 Å². The standard InChI is InChI=1S/C8H17NOS2/c1-5(2)9-7(4-11)8(10)6(3)12/h5-7,9,11-12H,4H2,1-3H3/t6?,7-/m0/s1. The maximum absolute atomic E-state index is 11.4. The highest BCUT2D eigenvalue weighted by Gasteiger charge is 2.20. The maximum Gasteiger partial charge on any atom is 0.162 e. The van der Waals surface area contributed by atoms with Crippen LogP contribution in [0.4, 0.5) is 0 Å². The Morgan fingerprint density at radius 1 is 1.42 bits per heavy atom. The molecule has 2 nitrogen and oxygen atoms in total. The maximum atomic E-state index is 11.4. The lowest BCUT2D eigenvalue weighted by molar-refractivity contribution is -0.119. The van der Waals surface area contributed by atoms with Gasteiger partial charge in [0, 0.05) is 11.8 Å². The SMILES string of the molecule is CC(C)N[C@@H](CS)C(=O)C(C)S. The van der Waals surface area contributed by atoms with Gasteiger partial charge in [-0.3, -0.25) is 4.79 Å². The lowest BCUT2D eigenvalue weighted by atomic mass is 10.1. The summed E-state index contributed by atoms with van der Waals surface area (Å²) in [5, 5.41) is 2.92. The van der Waals surface area contributed by atoms with Gasteiger partial charge in [-0.1, -0.05) is 13.8 Å². The molecule has 1 unspecified atom stereocenters. The van der Waals surface area contributed by atoms with Crippen LogP contribution < -0.4 is 5.32 Å². The van der Waals surface area contributed by atoms with Gasteiger partial charge in [0.25, 0.3) is 0 Å². The van der Waals surface area contributed by atoms with Gasteiger partial charge in [-0.05, 0) is 6.92 Å². The van der Waals surface area contributed by atoms with E-state index < -0.39 is 0 Å². The molecule has 72 valence electrons. The molecule has 0 aliphatic heterocycles. The van der Waals surface area contributed by atoms with Gasteiger partial charge in [-0.25, -0.2) is 0 Å². The Bertz CT molecular complexity index is 148. The van der Waals surface area contributed by atoms with Crippen molar-refractivity contribution in [2.45, 2.75) is 38.1 Å². The Morgan fingerprint density at radius 2 is 1.92 bits per heavy atom. The third-order valence-electron chi connectivity index (χ3n) is 1.47. The van der Waals surface area contributed by atoms with Crippen LogP contribution in [0.1, 0.15) is 20.8 Å². The molecular weight excluding hydrogens is 190 g/mol. The molecule has 0 bridgehead atoms. The number of carbonyl (C=O) groups is 1. The highest BCUT2D eigenvalue weighted by molar-refractivity contribution is 7.82. The predicted octanol–water partition coefficient (Wildman–Crippen LogP) is 1.17. The minimum Gasteiger partial charge on any atom is -0.305 e. The van der Waals surface area contributed by atoms with E-state index in [9.17, 15) is 4.79 Å². The van der Waals surface area contributed by atoms with Crippen molar-refractivity contribution in [2.24, 2.45) is 0 Å². The molecule has 0 heterocycles. The summed E-state index contributed by atoms with van der Waals surface area (Å²) in [7, 11) is 0. The van der Waals surface area contributed by atoms with E-state index in [0.717, 1.165) is 0 Å². The van der Waals surface area contributed by atoms with E-state index in [0.29, 0.717) is 11.8 Å². The summed E-state index contributed by atoms with van der Waals surface area (Å²) in [6.45, 7) is 5.80. The van der Waals surface area contributed by atoms with Crippen LogP contribution in [0.3, 0.4) is 0 Å². The van der Waals surface area contributed by atoms with Crippen molar-refractivity contribution in [3.63, 3.8) is 0 Å². The molecule has 0 amide bonds. The molecule has 0 saturated heterocycles. The second-order valence-electron chi connectivity index (χ2n) is 3.13. The van der Waals surface area contributed by atoms with Gasteiger partial charge in [0.2, 0.25) is 0 Å². The van der Waals surface area contributed by atoms with Crippen LogP contribution in [0.5, 0.6) is 0 Å². The molecule has 0 rings (SSSR count). The highest BCUT2D eigenvalue weighted by Crippen LogP contribution is 2.02. The van der Waals surface area contributed by atoms with Crippen molar-refractivity contribution in [2.75, 3.05) is 5.75 Å². The molecular formula is C8H17NOS2. The molecule has 1 N–H and O–H groups in total. The monoisotopic (exact) mass is 207 g/mol. The highest BCUT2D eigenvalue weighted by atomic mass is 32.1. The van der Waals surface area contributed by atoms with E-state index in [4.69, 9.17) is 0 Å². The summed E-state index contributed by atoms with van der Waals surface area (Å²) in [6, 6.07) is 0.138. The normalized spacial score (nSPS) is 16.2. The summed E-state index contributed by atoms with van der Waals surface area (Å²) in [5.41, 5.74) is 0. The van der Waals surface area contributed by atoms with Crippen molar-refractivity contribution >= 4 is 31.0 Å². The lowest BCUT2D eigenvalue weighted by Gasteiger charge is -2.19. The molecule has 0 saturated carbocycles. The minimum atomic E-state index is -0.214. The summed E-state index contributed by atoms with van der Waals surface area (Å²) in [5.74, 6) is 0.643. The molecule has 0 spiro atoms. The van der Waals surface area contributed by atoms with Crippen LogP contribution >= 0.6 is 25.3 Å². The van der Waals surface area contributed by atoms with Crippen LogP contribution in [0.15, 0.2) is 0 Å². The second kappa shape index (κ2) is 5.89. The first kappa shape index (κ1) is 12.3. The Labute approximate surface area is 85.3 Å². The number of Topliss-reactive ketones (excluding diaryl/α,β-unsaturated/α-hetero) is 1. The molecule has 12 heavy (non-hydrogen) atoms. The average Bonchev–Trinajstić information content (AvgIpc) is 1.98. The smallest absolute Gasteiger partial charge is 0.162 e. The Balaban J connectivity index is 4.06. The number of rotatable bonds is 5. The molecule has 0 aliphatic rings. The third-order valence-corrected chi connectivity index (χ3v) is 2.09.